The summed E-state index contributed by atoms with van der Waals surface area (Å²) in [5.74, 6) is 1.49. The Kier molecular flexibility index (Phi) is 7.38. The number of hydrogen-bond donors (Lipinski definition) is 1. The molecule has 36 heavy (non-hydrogen) atoms. The Bertz CT molecular complexity index is 1430. The molecule has 1 aliphatic heterocycles. The van der Waals surface area contributed by atoms with Gasteiger partial charge in [0, 0.05) is 24.0 Å². The van der Waals surface area contributed by atoms with Gasteiger partial charge in [-0.1, -0.05) is 42.5 Å². The number of benzene rings is 3. The van der Waals surface area contributed by atoms with E-state index in [1.54, 1.807) is 30.5 Å². The van der Waals surface area contributed by atoms with Crippen LogP contribution in [0.1, 0.15) is 5.56 Å². The normalized spacial score (nSPS) is 14.7. The molecule has 1 fully saturated rings. The fraction of sp³-hybridized carbons (Fsp3) is 0.154. The molecule has 1 saturated heterocycles. The number of morpholine rings is 1. The lowest BCUT2D eigenvalue weighted by Gasteiger charge is -2.26. The van der Waals surface area contributed by atoms with Crippen LogP contribution in [0, 0.1) is 0 Å². The van der Waals surface area contributed by atoms with Crippen LogP contribution in [0.3, 0.4) is 0 Å². The fourth-order valence-electron chi connectivity index (χ4n) is 3.64. The van der Waals surface area contributed by atoms with Crippen LogP contribution in [0.2, 0.25) is 0 Å². The van der Waals surface area contributed by atoms with E-state index >= 15 is 0 Å². The number of nitrogens with one attached hydrogen (secondary N) is 1. The van der Waals surface area contributed by atoms with Gasteiger partial charge < -0.3 is 9.47 Å². The van der Waals surface area contributed by atoms with Gasteiger partial charge in [-0.15, -0.1) is 11.3 Å². The van der Waals surface area contributed by atoms with Crippen molar-refractivity contribution < 1.29 is 17.9 Å². The first kappa shape index (κ1) is 24.1. The Morgan fingerprint density at radius 3 is 2.50 bits per heavy atom. The summed E-state index contributed by atoms with van der Waals surface area (Å²) in [5.41, 5.74) is 5.40. The zero-order valence-electron chi connectivity index (χ0n) is 19.3. The van der Waals surface area contributed by atoms with Gasteiger partial charge in [-0.05, 0) is 42.0 Å². The number of anilines is 1. The molecule has 3 aromatic carbocycles. The van der Waals surface area contributed by atoms with Gasteiger partial charge in [0.05, 0.1) is 30.0 Å². The van der Waals surface area contributed by atoms with Crippen LogP contribution in [-0.4, -0.2) is 50.2 Å². The summed E-state index contributed by atoms with van der Waals surface area (Å²) in [6.45, 7) is 1.58. The molecule has 0 atom stereocenters. The number of para-hydroxylation sites is 1. The second-order valence-corrected chi connectivity index (χ2v) is 10.7. The lowest BCUT2D eigenvalue weighted by atomic mass is 10.2. The maximum absolute atomic E-state index is 12.8. The first-order chi connectivity index (χ1) is 17.6. The third kappa shape index (κ3) is 5.80. The van der Waals surface area contributed by atoms with Crippen molar-refractivity contribution in [1.29, 1.82) is 0 Å². The van der Waals surface area contributed by atoms with Gasteiger partial charge in [0.15, 0.2) is 0 Å². The summed E-state index contributed by atoms with van der Waals surface area (Å²) in [7, 11) is -3.52. The van der Waals surface area contributed by atoms with Gasteiger partial charge >= 0.3 is 0 Å². The highest BCUT2D eigenvalue weighted by Crippen LogP contribution is 2.27. The average Bonchev–Trinajstić information content (AvgIpc) is 3.39. The molecule has 0 radical (unpaired) electrons. The lowest BCUT2D eigenvalue weighted by molar-refractivity contribution is 0.0730. The molecule has 1 aromatic heterocycles. The van der Waals surface area contributed by atoms with E-state index in [1.165, 1.54) is 15.6 Å². The Hall–Kier alpha value is -3.57. The Morgan fingerprint density at radius 2 is 1.72 bits per heavy atom. The highest BCUT2D eigenvalue weighted by Gasteiger charge is 2.26. The number of rotatable bonds is 8. The van der Waals surface area contributed by atoms with Gasteiger partial charge in [-0.2, -0.15) is 9.41 Å². The summed E-state index contributed by atoms with van der Waals surface area (Å²) >= 11 is 1.42. The average molecular weight is 521 g/mol. The molecule has 0 aliphatic carbocycles. The van der Waals surface area contributed by atoms with Crippen LogP contribution in [-0.2, 0) is 14.8 Å². The van der Waals surface area contributed by atoms with E-state index in [-0.39, 0.29) is 4.90 Å². The summed E-state index contributed by atoms with van der Waals surface area (Å²) in [5, 5.41) is 6.82. The van der Waals surface area contributed by atoms with E-state index in [1.807, 2.05) is 60.0 Å². The van der Waals surface area contributed by atoms with Gasteiger partial charge in [0.25, 0.3) is 0 Å². The zero-order chi connectivity index (χ0) is 24.8. The van der Waals surface area contributed by atoms with Crippen LogP contribution in [0.4, 0.5) is 5.13 Å². The summed E-state index contributed by atoms with van der Waals surface area (Å²) in [6, 6.07) is 24.0. The number of hydrazone groups is 1. The molecule has 0 bridgehead atoms. The molecule has 184 valence electrons. The van der Waals surface area contributed by atoms with Gasteiger partial charge in [-0.3, -0.25) is 5.43 Å². The number of thiazole rings is 1. The number of ether oxygens (including phenoxy) is 2. The van der Waals surface area contributed by atoms with E-state index in [4.69, 9.17) is 9.47 Å². The zero-order valence-corrected chi connectivity index (χ0v) is 20.9. The van der Waals surface area contributed by atoms with Crippen LogP contribution < -0.4 is 10.2 Å². The van der Waals surface area contributed by atoms with Crippen molar-refractivity contribution in [3.63, 3.8) is 0 Å². The monoisotopic (exact) mass is 520 g/mol. The number of aromatic nitrogens is 1. The number of sulfonamides is 1. The second kappa shape index (κ2) is 11.0. The number of hydrogen-bond acceptors (Lipinski definition) is 8. The van der Waals surface area contributed by atoms with Crippen LogP contribution in [0.5, 0.6) is 11.5 Å². The Morgan fingerprint density at radius 1 is 0.972 bits per heavy atom. The molecular weight excluding hydrogens is 496 g/mol. The van der Waals surface area contributed by atoms with Crippen molar-refractivity contribution >= 4 is 32.7 Å². The highest BCUT2D eigenvalue weighted by atomic mass is 32.2. The molecular formula is C26H24N4O4S2. The van der Waals surface area contributed by atoms with E-state index in [0.717, 1.165) is 28.3 Å². The quantitative estimate of drug-likeness (QED) is 0.258. The molecule has 0 unspecified atom stereocenters. The van der Waals surface area contributed by atoms with Crippen molar-refractivity contribution in [3.05, 3.63) is 89.8 Å². The van der Waals surface area contributed by atoms with Crippen molar-refractivity contribution in [2.24, 2.45) is 5.10 Å². The van der Waals surface area contributed by atoms with Crippen LogP contribution in [0.25, 0.3) is 11.3 Å². The fourth-order valence-corrected chi connectivity index (χ4v) is 5.71. The third-order valence-electron chi connectivity index (χ3n) is 5.47. The molecule has 8 nitrogen and oxygen atoms in total. The Balaban J connectivity index is 1.21. The first-order valence-electron chi connectivity index (χ1n) is 11.3. The third-order valence-corrected chi connectivity index (χ3v) is 8.13. The van der Waals surface area contributed by atoms with Crippen molar-refractivity contribution in [1.82, 2.24) is 9.29 Å². The largest absolute Gasteiger partial charge is 0.457 e. The summed E-state index contributed by atoms with van der Waals surface area (Å²) in [4.78, 5) is 4.83. The maximum atomic E-state index is 12.8. The van der Waals surface area contributed by atoms with Gasteiger partial charge in [0.2, 0.25) is 15.2 Å². The molecule has 5 rings (SSSR count). The SMILES string of the molecule is O=S(=O)(c1ccc(-c2csc(N/N=C/c3cccc(Oc4ccccc4)c3)n2)cc1)N1CCOCC1. The minimum absolute atomic E-state index is 0.268. The minimum atomic E-state index is -3.52. The summed E-state index contributed by atoms with van der Waals surface area (Å²) < 4.78 is 38.2. The predicted molar refractivity (Wildman–Crippen MR) is 141 cm³/mol. The number of nitrogens with zero attached hydrogens (tertiary/aromatic N) is 3. The second-order valence-electron chi connectivity index (χ2n) is 7.94. The van der Waals surface area contributed by atoms with Crippen molar-refractivity contribution in [2.75, 3.05) is 31.7 Å². The standard InChI is InChI=1S/C26H24N4O4S2/c31-36(32,30-13-15-33-16-14-30)24-11-9-21(10-12-24)25-19-35-26(28-25)29-27-18-20-5-4-8-23(17-20)34-22-6-2-1-3-7-22/h1-12,17-19H,13-16H2,(H,28,29)/b27-18+. The molecule has 4 aromatic rings. The molecule has 1 N–H and O–H groups in total. The van der Waals surface area contributed by atoms with E-state index in [2.05, 4.69) is 15.5 Å². The van der Waals surface area contributed by atoms with Crippen LogP contribution in [0.15, 0.2) is 94.2 Å². The van der Waals surface area contributed by atoms with Crippen molar-refractivity contribution in [3.8, 4) is 22.8 Å². The topological polar surface area (TPSA) is 93.1 Å². The first-order valence-corrected chi connectivity index (χ1v) is 13.7. The van der Waals surface area contributed by atoms with Crippen LogP contribution >= 0.6 is 11.3 Å². The molecule has 1 aliphatic rings. The lowest BCUT2D eigenvalue weighted by Crippen LogP contribution is -2.40. The maximum Gasteiger partial charge on any atom is 0.243 e. The van der Waals surface area contributed by atoms with Gasteiger partial charge in [0.1, 0.15) is 11.5 Å². The summed E-state index contributed by atoms with van der Waals surface area (Å²) in [6.07, 6.45) is 1.70. The van der Waals surface area contributed by atoms with E-state index in [9.17, 15) is 8.42 Å². The smallest absolute Gasteiger partial charge is 0.243 e. The molecule has 0 saturated carbocycles. The molecule has 2 heterocycles. The molecule has 0 amide bonds. The van der Waals surface area contributed by atoms with Gasteiger partial charge in [-0.25, -0.2) is 13.4 Å². The molecule has 10 heteroatoms. The van der Waals surface area contributed by atoms with E-state index < -0.39 is 10.0 Å². The molecule has 0 spiro atoms. The van der Waals surface area contributed by atoms with Crippen molar-refractivity contribution in [2.45, 2.75) is 4.90 Å². The predicted octanol–water partition coefficient (Wildman–Crippen LogP) is 5.07. The highest BCUT2D eigenvalue weighted by molar-refractivity contribution is 7.89. The minimum Gasteiger partial charge on any atom is -0.457 e. The van der Waals surface area contributed by atoms with E-state index in [0.29, 0.717) is 31.4 Å². The Labute approximate surface area is 213 Å².